The van der Waals surface area contributed by atoms with E-state index in [1.165, 1.54) is 11.8 Å². The fourth-order valence-corrected chi connectivity index (χ4v) is 4.76. The van der Waals surface area contributed by atoms with Crippen LogP contribution in [0.1, 0.15) is 72.1 Å². The molecule has 2 aromatic rings. The molecule has 0 aliphatic rings. The number of anilines is 1. The minimum absolute atomic E-state index is 0.0656. The maximum absolute atomic E-state index is 12.6. The second kappa shape index (κ2) is 10.1. The number of hydrogen-bond acceptors (Lipinski definition) is 8. The van der Waals surface area contributed by atoms with E-state index in [9.17, 15) is 14.4 Å². The van der Waals surface area contributed by atoms with Crippen LogP contribution in [0.3, 0.4) is 0 Å². The first-order valence-corrected chi connectivity index (χ1v) is 11.4. The summed E-state index contributed by atoms with van der Waals surface area (Å²) in [7, 11) is 0. The van der Waals surface area contributed by atoms with Crippen molar-refractivity contribution in [3.8, 4) is 0 Å². The Labute approximate surface area is 183 Å². The van der Waals surface area contributed by atoms with Crippen LogP contribution < -0.4 is 11.1 Å². The second-order valence-electron chi connectivity index (χ2n) is 7.13. The van der Waals surface area contributed by atoms with Crippen molar-refractivity contribution in [1.82, 2.24) is 14.8 Å². The van der Waals surface area contributed by atoms with Crippen LogP contribution in [0, 0.1) is 6.92 Å². The summed E-state index contributed by atoms with van der Waals surface area (Å²) in [4.78, 5) is 37.0. The highest BCUT2D eigenvalue weighted by molar-refractivity contribution is 7.99. The van der Waals surface area contributed by atoms with Gasteiger partial charge in [0.2, 0.25) is 5.91 Å². The molecule has 11 heteroatoms. The molecule has 2 amide bonds. The minimum atomic E-state index is -0.664. The summed E-state index contributed by atoms with van der Waals surface area (Å²) < 4.78 is 7.25. The number of nitrogens with one attached hydrogen (secondary N) is 1. The molecule has 0 atom stereocenters. The Balaban J connectivity index is 2.21. The number of nitrogens with two attached hydrogens (primary N) is 1. The maximum Gasteiger partial charge on any atom is 0.341 e. The van der Waals surface area contributed by atoms with E-state index >= 15 is 0 Å². The first-order valence-electron chi connectivity index (χ1n) is 9.57. The third kappa shape index (κ3) is 5.39. The number of aryl methyl sites for hydroxylation is 1. The molecule has 2 rings (SSSR count). The normalized spacial score (nSPS) is 11.2. The van der Waals surface area contributed by atoms with E-state index in [4.69, 9.17) is 10.5 Å². The van der Waals surface area contributed by atoms with Gasteiger partial charge in [0, 0.05) is 12.5 Å². The quantitative estimate of drug-likeness (QED) is 0.440. The fourth-order valence-electron chi connectivity index (χ4n) is 2.81. The zero-order valence-electron chi connectivity index (χ0n) is 17.9. The molecule has 0 aliphatic heterocycles. The number of thioether (sulfide) groups is 1. The molecule has 0 saturated carbocycles. The van der Waals surface area contributed by atoms with Crippen molar-refractivity contribution in [3.05, 3.63) is 21.8 Å². The molecule has 0 fully saturated rings. The second-order valence-corrected chi connectivity index (χ2v) is 9.09. The van der Waals surface area contributed by atoms with Gasteiger partial charge in [-0.05, 0) is 40.2 Å². The lowest BCUT2D eigenvalue weighted by molar-refractivity contribution is -0.113. The molecule has 9 nitrogen and oxygen atoms in total. The molecular weight excluding hydrogens is 426 g/mol. The SMILES string of the molecule is CCc1nnc(SCC(=O)Nc2sc(C(N)=O)c(C)c2C(=O)OC(C)C)n1C(C)C. The number of nitrogens with zero attached hydrogens (tertiary/aromatic N) is 3. The molecule has 2 heterocycles. The molecule has 0 spiro atoms. The molecule has 0 saturated heterocycles. The number of thiophene rings is 1. The monoisotopic (exact) mass is 453 g/mol. The van der Waals surface area contributed by atoms with E-state index in [1.54, 1.807) is 20.8 Å². The Bertz CT molecular complexity index is 949. The first kappa shape index (κ1) is 23.9. The third-order valence-electron chi connectivity index (χ3n) is 4.07. The van der Waals surface area contributed by atoms with Crippen LogP contribution >= 0.6 is 23.1 Å². The van der Waals surface area contributed by atoms with Crippen LogP contribution in [0.5, 0.6) is 0 Å². The zero-order chi connectivity index (χ0) is 22.6. The van der Waals surface area contributed by atoms with Gasteiger partial charge in [0.1, 0.15) is 10.8 Å². The largest absolute Gasteiger partial charge is 0.459 e. The van der Waals surface area contributed by atoms with Crippen molar-refractivity contribution < 1.29 is 19.1 Å². The molecule has 30 heavy (non-hydrogen) atoms. The van der Waals surface area contributed by atoms with Crippen molar-refractivity contribution in [2.75, 3.05) is 11.1 Å². The van der Waals surface area contributed by atoms with Crippen LogP contribution in [0.4, 0.5) is 5.00 Å². The Kier molecular flexibility index (Phi) is 8.02. The summed E-state index contributed by atoms with van der Waals surface area (Å²) in [5.41, 5.74) is 5.96. The van der Waals surface area contributed by atoms with Gasteiger partial charge in [0.25, 0.3) is 5.91 Å². The Hall–Kier alpha value is -2.40. The predicted octanol–water partition coefficient (Wildman–Crippen LogP) is 3.19. The Morgan fingerprint density at radius 2 is 1.90 bits per heavy atom. The summed E-state index contributed by atoms with van der Waals surface area (Å²) in [6.45, 7) is 11.1. The molecule has 0 aromatic carbocycles. The van der Waals surface area contributed by atoms with Gasteiger partial charge in [-0.1, -0.05) is 18.7 Å². The van der Waals surface area contributed by atoms with Gasteiger partial charge in [0.05, 0.1) is 22.3 Å². The van der Waals surface area contributed by atoms with Gasteiger partial charge in [-0.3, -0.25) is 9.59 Å². The number of hydrogen-bond donors (Lipinski definition) is 2. The fraction of sp³-hybridized carbons (Fsp3) is 0.526. The highest BCUT2D eigenvalue weighted by Crippen LogP contribution is 2.34. The molecule has 0 unspecified atom stereocenters. The smallest absolute Gasteiger partial charge is 0.341 e. The third-order valence-corrected chi connectivity index (χ3v) is 6.24. The predicted molar refractivity (Wildman–Crippen MR) is 117 cm³/mol. The molecule has 0 bridgehead atoms. The zero-order valence-corrected chi connectivity index (χ0v) is 19.6. The number of carbonyl (C=O) groups is 3. The minimum Gasteiger partial charge on any atom is -0.459 e. The summed E-state index contributed by atoms with van der Waals surface area (Å²) in [5, 5.41) is 11.9. The lowest BCUT2D eigenvalue weighted by Gasteiger charge is -2.13. The van der Waals surface area contributed by atoms with Crippen LogP contribution in [-0.2, 0) is 16.0 Å². The first-order chi connectivity index (χ1) is 14.1. The number of aromatic nitrogens is 3. The number of rotatable bonds is 9. The summed E-state index contributed by atoms with van der Waals surface area (Å²) in [5.74, 6) is -0.695. The van der Waals surface area contributed by atoms with Crippen LogP contribution in [0.25, 0.3) is 0 Å². The maximum atomic E-state index is 12.6. The van der Waals surface area contributed by atoms with Gasteiger partial charge in [-0.2, -0.15) is 0 Å². The van der Waals surface area contributed by atoms with Crippen molar-refractivity contribution in [3.63, 3.8) is 0 Å². The average Bonchev–Trinajstić information content (AvgIpc) is 3.20. The molecule has 0 radical (unpaired) electrons. The number of amides is 2. The van der Waals surface area contributed by atoms with Crippen LogP contribution in [-0.4, -0.2) is 44.4 Å². The summed E-state index contributed by atoms with van der Waals surface area (Å²) in [6, 6.07) is 0.163. The highest BCUT2D eigenvalue weighted by Gasteiger charge is 2.26. The van der Waals surface area contributed by atoms with Crippen LogP contribution in [0.15, 0.2) is 5.16 Å². The van der Waals surface area contributed by atoms with Crippen molar-refractivity contribution in [2.24, 2.45) is 5.73 Å². The number of primary amides is 1. The Morgan fingerprint density at radius 1 is 1.23 bits per heavy atom. The molecular formula is C19H27N5O4S2. The van der Waals surface area contributed by atoms with Crippen LogP contribution in [0.2, 0.25) is 0 Å². The molecule has 2 aromatic heterocycles. The summed E-state index contributed by atoms with van der Waals surface area (Å²) in [6.07, 6.45) is 0.395. The number of esters is 1. The Morgan fingerprint density at radius 3 is 2.43 bits per heavy atom. The van der Waals surface area contributed by atoms with E-state index < -0.39 is 11.9 Å². The van der Waals surface area contributed by atoms with Gasteiger partial charge in [0.15, 0.2) is 5.16 Å². The van der Waals surface area contributed by atoms with E-state index in [0.717, 1.165) is 23.6 Å². The van der Waals surface area contributed by atoms with Gasteiger partial charge in [-0.25, -0.2) is 4.79 Å². The molecule has 0 aliphatic carbocycles. The molecule has 164 valence electrons. The standard InChI is InChI=1S/C19H27N5O4S2/c1-7-12-22-23-19(24(12)9(2)3)29-8-13(25)21-17-14(18(27)28-10(4)5)11(6)15(30-17)16(20)26/h9-10H,7-8H2,1-6H3,(H2,20,26)(H,21,25). The summed E-state index contributed by atoms with van der Waals surface area (Å²) >= 11 is 2.22. The highest BCUT2D eigenvalue weighted by atomic mass is 32.2. The van der Waals surface area contributed by atoms with E-state index in [0.29, 0.717) is 10.7 Å². The topological polar surface area (TPSA) is 129 Å². The molecule has 3 N–H and O–H groups in total. The van der Waals surface area contributed by atoms with Crippen molar-refractivity contribution >= 4 is 45.9 Å². The number of carbonyl (C=O) groups excluding carboxylic acids is 3. The van der Waals surface area contributed by atoms with Gasteiger partial charge < -0.3 is 20.4 Å². The van der Waals surface area contributed by atoms with Gasteiger partial charge in [-0.15, -0.1) is 21.5 Å². The lowest BCUT2D eigenvalue weighted by atomic mass is 10.1. The average molecular weight is 454 g/mol. The van der Waals surface area contributed by atoms with Gasteiger partial charge >= 0.3 is 5.97 Å². The lowest BCUT2D eigenvalue weighted by Crippen LogP contribution is -2.18. The van der Waals surface area contributed by atoms with Crippen molar-refractivity contribution in [1.29, 1.82) is 0 Å². The van der Waals surface area contributed by atoms with Crippen molar-refractivity contribution in [2.45, 2.75) is 65.3 Å². The van der Waals surface area contributed by atoms with E-state index in [2.05, 4.69) is 15.5 Å². The number of ether oxygens (including phenoxy) is 1. The van der Waals surface area contributed by atoms with E-state index in [1.807, 2.05) is 25.3 Å². The van der Waals surface area contributed by atoms with E-state index in [-0.39, 0.29) is 39.2 Å².